The van der Waals surface area contributed by atoms with Crippen LogP contribution >= 0.6 is 0 Å². The average Bonchev–Trinajstić information content (AvgIpc) is 2.33. The van der Waals surface area contributed by atoms with Crippen LogP contribution in [0.2, 0.25) is 0 Å². The molecule has 0 aliphatic rings. The van der Waals surface area contributed by atoms with Crippen LogP contribution in [0.25, 0.3) is 0 Å². The molecule has 0 aliphatic carbocycles. The molecule has 0 amide bonds. The quantitative estimate of drug-likeness (QED) is 0.874. The number of aromatic nitrogens is 2. The van der Waals surface area contributed by atoms with Gasteiger partial charge in [0, 0.05) is 12.4 Å². The fourth-order valence-corrected chi connectivity index (χ4v) is 1.69. The minimum atomic E-state index is 0.228. The highest BCUT2D eigenvalue weighted by molar-refractivity contribution is 5.41. The fourth-order valence-electron chi connectivity index (χ4n) is 1.69. The Bertz CT molecular complexity index is 491. The van der Waals surface area contributed by atoms with E-state index in [1.165, 1.54) is 11.1 Å². The number of benzene rings is 1. The topological polar surface area (TPSA) is 37.8 Å². The first-order valence-corrected chi connectivity index (χ1v) is 5.77. The van der Waals surface area contributed by atoms with Crippen molar-refractivity contribution < 1.29 is 0 Å². The summed E-state index contributed by atoms with van der Waals surface area (Å²) >= 11 is 0. The molecular formula is C14H17N3. The summed E-state index contributed by atoms with van der Waals surface area (Å²) in [4.78, 5) is 8.50. The predicted octanol–water partition coefficient (Wildman–Crippen LogP) is 3.27. The van der Waals surface area contributed by atoms with Crippen molar-refractivity contribution in [3.63, 3.8) is 0 Å². The summed E-state index contributed by atoms with van der Waals surface area (Å²) in [5, 5.41) is 3.37. The van der Waals surface area contributed by atoms with Crippen molar-refractivity contribution >= 4 is 5.82 Å². The van der Waals surface area contributed by atoms with E-state index in [-0.39, 0.29) is 6.04 Å². The van der Waals surface area contributed by atoms with Crippen LogP contribution in [0.15, 0.2) is 36.7 Å². The zero-order valence-corrected chi connectivity index (χ0v) is 10.4. The van der Waals surface area contributed by atoms with Gasteiger partial charge in [-0.1, -0.05) is 29.8 Å². The second-order valence-electron chi connectivity index (χ2n) is 4.27. The van der Waals surface area contributed by atoms with Crippen LogP contribution in [-0.4, -0.2) is 9.97 Å². The molecule has 1 aromatic heterocycles. The molecule has 3 nitrogen and oxygen atoms in total. The molecular weight excluding hydrogens is 210 g/mol. The molecule has 2 rings (SSSR count). The van der Waals surface area contributed by atoms with Crippen LogP contribution in [0.4, 0.5) is 5.82 Å². The van der Waals surface area contributed by atoms with Gasteiger partial charge in [-0.15, -0.1) is 0 Å². The van der Waals surface area contributed by atoms with Gasteiger partial charge in [0.1, 0.15) is 5.82 Å². The second kappa shape index (κ2) is 4.95. The van der Waals surface area contributed by atoms with Gasteiger partial charge in [0.25, 0.3) is 0 Å². The lowest BCUT2D eigenvalue weighted by atomic mass is 10.1. The summed E-state index contributed by atoms with van der Waals surface area (Å²) in [6, 6.07) is 8.75. The van der Waals surface area contributed by atoms with E-state index in [2.05, 4.69) is 53.4 Å². The van der Waals surface area contributed by atoms with Gasteiger partial charge >= 0.3 is 0 Å². The normalized spacial score (nSPS) is 12.2. The number of hydrogen-bond donors (Lipinski definition) is 1. The molecule has 0 aliphatic heterocycles. The number of rotatable bonds is 3. The van der Waals surface area contributed by atoms with E-state index in [0.29, 0.717) is 0 Å². The lowest BCUT2D eigenvalue weighted by Gasteiger charge is -2.16. The average molecular weight is 227 g/mol. The maximum atomic E-state index is 4.29. The van der Waals surface area contributed by atoms with Gasteiger partial charge in [0.2, 0.25) is 0 Å². The van der Waals surface area contributed by atoms with Crippen LogP contribution in [0.1, 0.15) is 29.8 Å². The first kappa shape index (κ1) is 11.6. The molecule has 0 saturated carbocycles. The molecule has 0 fully saturated rings. The first-order valence-electron chi connectivity index (χ1n) is 5.77. The Hall–Kier alpha value is -1.90. The molecule has 1 N–H and O–H groups in total. The lowest BCUT2D eigenvalue weighted by molar-refractivity contribution is 0.865. The Morgan fingerprint density at radius 3 is 2.29 bits per heavy atom. The van der Waals surface area contributed by atoms with Crippen molar-refractivity contribution in [1.29, 1.82) is 0 Å². The Balaban J connectivity index is 2.14. The molecule has 17 heavy (non-hydrogen) atoms. The molecule has 3 heteroatoms. The largest absolute Gasteiger partial charge is 0.362 e. The third kappa shape index (κ3) is 2.81. The van der Waals surface area contributed by atoms with E-state index in [1.807, 2.05) is 6.92 Å². The van der Waals surface area contributed by atoms with Crippen molar-refractivity contribution in [3.8, 4) is 0 Å². The number of nitrogens with zero attached hydrogens (tertiary/aromatic N) is 2. The maximum absolute atomic E-state index is 4.29. The van der Waals surface area contributed by atoms with Gasteiger partial charge in [0.05, 0.1) is 11.7 Å². The van der Waals surface area contributed by atoms with Crippen LogP contribution in [0, 0.1) is 13.8 Å². The SMILES string of the molecule is Cc1ccc(C(C)Nc2nccnc2C)cc1. The van der Waals surface area contributed by atoms with E-state index in [4.69, 9.17) is 0 Å². The Morgan fingerprint density at radius 2 is 1.65 bits per heavy atom. The van der Waals surface area contributed by atoms with E-state index in [9.17, 15) is 0 Å². The Labute approximate surface area is 102 Å². The smallest absolute Gasteiger partial charge is 0.147 e. The highest BCUT2D eigenvalue weighted by Gasteiger charge is 2.07. The van der Waals surface area contributed by atoms with E-state index >= 15 is 0 Å². The molecule has 1 atom stereocenters. The zero-order valence-electron chi connectivity index (χ0n) is 10.4. The summed E-state index contributed by atoms with van der Waals surface area (Å²) in [5.41, 5.74) is 3.45. The van der Waals surface area contributed by atoms with Gasteiger partial charge < -0.3 is 5.32 Å². The minimum Gasteiger partial charge on any atom is -0.362 e. The highest BCUT2D eigenvalue weighted by atomic mass is 15.0. The lowest BCUT2D eigenvalue weighted by Crippen LogP contribution is -2.09. The summed E-state index contributed by atoms with van der Waals surface area (Å²) in [7, 11) is 0. The van der Waals surface area contributed by atoms with Gasteiger partial charge in [-0.05, 0) is 26.3 Å². The van der Waals surface area contributed by atoms with Crippen LogP contribution < -0.4 is 5.32 Å². The Kier molecular flexibility index (Phi) is 3.38. The molecule has 1 aromatic carbocycles. The molecule has 0 bridgehead atoms. The molecule has 1 heterocycles. The first-order chi connectivity index (χ1) is 8.16. The second-order valence-corrected chi connectivity index (χ2v) is 4.27. The summed E-state index contributed by atoms with van der Waals surface area (Å²) in [6.45, 7) is 6.17. The molecule has 0 radical (unpaired) electrons. The number of nitrogens with one attached hydrogen (secondary N) is 1. The molecule has 0 saturated heterocycles. The molecule has 0 spiro atoms. The van der Waals surface area contributed by atoms with Crippen molar-refractivity contribution in [2.24, 2.45) is 0 Å². The third-order valence-electron chi connectivity index (χ3n) is 2.81. The molecule has 1 unspecified atom stereocenters. The number of hydrogen-bond acceptors (Lipinski definition) is 3. The summed E-state index contributed by atoms with van der Waals surface area (Å²) < 4.78 is 0. The van der Waals surface area contributed by atoms with Crippen LogP contribution in [0.3, 0.4) is 0 Å². The van der Waals surface area contributed by atoms with Gasteiger partial charge in [-0.3, -0.25) is 4.98 Å². The molecule has 88 valence electrons. The van der Waals surface area contributed by atoms with Crippen molar-refractivity contribution in [2.45, 2.75) is 26.8 Å². The predicted molar refractivity (Wildman–Crippen MR) is 70.0 cm³/mol. The van der Waals surface area contributed by atoms with Crippen LogP contribution in [0.5, 0.6) is 0 Å². The number of anilines is 1. The van der Waals surface area contributed by atoms with Gasteiger partial charge in [0.15, 0.2) is 0 Å². The fraction of sp³-hybridized carbons (Fsp3) is 0.286. The van der Waals surface area contributed by atoms with Gasteiger partial charge in [-0.2, -0.15) is 0 Å². The highest BCUT2D eigenvalue weighted by Crippen LogP contribution is 2.19. The minimum absolute atomic E-state index is 0.228. The van der Waals surface area contributed by atoms with E-state index < -0.39 is 0 Å². The van der Waals surface area contributed by atoms with Crippen molar-refractivity contribution in [2.75, 3.05) is 5.32 Å². The van der Waals surface area contributed by atoms with E-state index in [1.54, 1.807) is 12.4 Å². The van der Waals surface area contributed by atoms with E-state index in [0.717, 1.165) is 11.5 Å². The molecule has 2 aromatic rings. The Morgan fingerprint density at radius 1 is 1.00 bits per heavy atom. The number of aryl methyl sites for hydroxylation is 2. The monoisotopic (exact) mass is 227 g/mol. The third-order valence-corrected chi connectivity index (χ3v) is 2.81. The summed E-state index contributed by atoms with van der Waals surface area (Å²) in [6.07, 6.45) is 3.41. The van der Waals surface area contributed by atoms with Gasteiger partial charge in [-0.25, -0.2) is 4.98 Å². The summed E-state index contributed by atoms with van der Waals surface area (Å²) in [5.74, 6) is 0.848. The standard InChI is InChI=1S/C14H17N3/c1-10-4-6-13(7-5-10)11(2)17-14-12(3)15-8-9-16-14/h4-9,11H,1-3H3,(H,16,17). The maximum Gasteiger partial charge on any atom is 0.147 e. The van der Waals surface area contributed by atoms with Crippen molar-refractivity contribution in [1.82, 2.24) is 9.97 Å². The zero-order chi connectivity index (χ0) is 12.3. The van der Waals surface area contributed by atoms with Crippen LogP contribution in [-0.2, 0) is 0 Å². The van der Waals surface area contributed by atoms with Crippen molar-refractivity contribution in [3.05, 3.63) is 53.5 Å².